The Morgan fingerprint density at radius 2 is 1.30 bits per heavy atom. The van der Waals surface area contributed by atoms with Gasteiger partial charge >= 0.3 is 15.2 Å². The summed E-state index contributed by atoms with van der Waals surface area (Å²) in [5.41, 5.74) is -0.503. The molecule has 0 aliphatic heterocycles. The van der Waals surface area contributed by atoms with E-state index in [9.17, 15) is 33.8 Å². The van der Waals surface area contributed by atoms with Crippen molar-refractivity contribution in [3.05, 3.63) is 48.0 Å². The highest BCUT2D eigenvalue weighted by molar-refractivity contribution is 7.71. The first kappa shape index (κ1) is 15.4. The molecule has 2 aromatic rings. The highest BCUT2D eigenvalue weighted by Crippen LogP contribution is 2.73. The molecule has 0 aromatic heterocycles. The van der Waals surface area contributed by atoms with Crippen LogP contribution in [-0.4, -0.2) is 24.7 Å². The van der Waals surface area contributed by atoms with E-state index in [1.807, 2.05) is 0 Å². The average Bonchev–Trinajstić information content (AvgIpc) is 2.34. The summed E-state index contributed by atoms with van der Waals surface area (Å²) in [4.78, 5) is 37.0. The molecule has 0 saturated heterocycles. The largest absolute Gasteiger partial charge is 0.374 e. The normalized spacial score (nSPS) is 13.7. The molecule has 0 heterocycles. The third kappa shape index (κ3) is 2.24. The summed E-state index contributed by atoms with van der Waals surface area (Å²) in [7, 11) is -11.1. The summed E-state index contributed by atoms with van der Waals surface area (Å²) >= 11 is 0. The number of hydrogen-bond acceptors (Lipinski definition) is 3. The van der Waals surface area contributed by atoms with Crippen LogP contribution < -0.4 is 0 Å². The second-order valence-corrected chi connectivity index (χ2v) is 8.07. The van der Waals surface area contributed by atoms with Gasteiger partial charge < -0.3 is 24.7 Å². The quantitative estimate of drug-likeness (QED) is 0.538. The molecule has 5 N–H and O–H groups in total. The SMILES string of the molecule is O=P(O)(O)C(O)(c1cccc2ccccc12)P(=O)(O)O. The van der Waals surface area contributed by atoms with Gasteiger partial charge in [0.25, 0.3) is 5.08 Å². The molecule has 0 radical (unpaired) electrons. The molecule has 0 spiro atoms. The molecule has 0 aliphatic carbocycles. The van der Waals surface area contributed by atoms with Crippen molar-refractivity contribution in [3.8, 4) is 0 Å². The van der Waals surface area contributed by atoms with Gasteiger partial charge in [-0.3, -0.25) is 9.13 Å². The summed E-state index contributed by atoms with van der Waals surface area (Å²) in [6, 6.07) is 10.2. The van der Waals surface area contributed by atoms with E-state index in [4.69, 9.17) is 0 Å². The van der Waals surface area contributed by atoms with Gasteiger partial charge in [0.1, 0.15) is 0 Å². The van der Waals surface area contributed by atoms with Crippen molar-refractivity contribution in [2.24, 2.45) is 0 Å². The van der Waals surface area contributed by atoms with Crippen LogP contribution >= 0.6 is 15.2 Å². The minimum absolute atomic E-state index is 0.157. The zero-order valence-electron chi connectivity index (χ0n) is 9.99. The molecule has 2 aromatic carbocycles. The van der Waals surface area contributed by atoms with Crippen LogP contribution in [0.5, 0.6) is 0 Å². The van der Waals surface area contributed by atoms with Gasteiger partial charge in [-0.15, -0.1) is 0 Å². The maximum absolute atomic E-state index is 11.5. The van der Waals surface area contributed by atoms with Gasteiger partial charge in [-0.2, -0.15) is 0 Å². The Morgan fingerprint density at radius 1 is 0.800 bits per heavy atom. The minimum Gasteiger partial charge on any atom is -0.364 e. The summed E-state index contributed by atoms with van der Waals surface area (Å²) in [5, 5.41) is 7.21. The molecule has 9 heteroatoms. The van der Waals surface area contributed by atoms with E-state index in [0.717, 1.165) is 6.07 Å². The maximum Gasteiger partial charge on any atom is 0.374 e. The number of hydrogen-bond donors (Lipinski definition) is 5. The minimum atomic E-state index is -5.54. The van der Waals surface area contributed by atoms with Crippen LogP contribution in [0.4, 0.5) is 0 Å². The third-order valence-corrected chi connectivity index (χ3v) is 6.63. The first-order valence-electron chi connectivity index (χ1n) is 5.41. The van der Waals surface area contributed by atoms with Crippen LogP contribution in [0.2, 0.25) is 0 Å². The Bertz CT molecular complexity index is 718. The Morgan fingerprint density at radius 3 is 1.85 bits per heavy atom. The first-order chi connectivity index (χ1) is 9.09. The van der Waals surface area contributed by atoms with Crippen LogP contribution in [0.25, 0.3) is 10.8 Å². The molecule has 0 bridgehead atoms. The molecule has 0 aliphatic rings. The van der Waals surface area contributed by atoms with E-state index >= 15 is 0 Å². The Balaban J connectivity index is 2.91. The Kier molecular flexibility index (Phi) is 3.65. The van der Waals surface area contributed by atoms with Gasteiger partial charge in [0, 0.05) is 5.56 Å². The molecule has 0 atom stereocenters. The number of fused-ring (bicyclic) bond motifs is 1. The lowest BCUT2D eigenvalue weighted by molar-refractivity contribution is 0.132. The zero-order valence-corrected chi connectivity index (χ0v) is 11.8. The first-order valence-corrected chi connectivity index (χ1v) is 8.63. The van der Waals surface area contributed by atoms with E-state index in [2.05, 4.69) is 0 Å². The summed E-state index contributed by atoms with van der Waals surface area (Å²) in [6.45, 7) is 0. The molecule has 0 unspecified atom stereocenters. The van der Waals surface area contributed by atoms with Crippen molar-refractivity contribution in [2.45, 2.75) is 5.08 Å². The van der Waals surface area contributed by atoms with Crippen LogP contribution in [0.3, 0.4) is 0 Å². The van der Waals surface area contributed by atoms with E-state index < -0.39 is 25.8 Å². The summed E-state index contributed by atoms with van der Waals surface area (Å²) < 4.78 is 23.0. The van der Waals surface area contributed by atoms with Crippen LogP contribution in [-0.2, 0) is 14.2 Å². The fraction of sp³-hybridized carbons (Fsp3) is 0.0909. The average molecular weight is 318 g/mol. The lowest BCUT2D eigenvalue weighted by atomic mass is 10.1. The molecule has 0 saturated carbocycles. The van der Waals surface area contributed by atoms with Crippen molar-refractivity contribution < 1.29 is 33.8 Å². The molecular weight excluding hydrogens is 306 g/mol. The van der Waals surface area contributed by atoms with Crippen LogP contribution in [0.1, 0.15) is 5.56 Å². The van der Waals surface area contributed by atoms with Gasteiger partial charge in [0.2, 0.25) is 0 Å². The lowest BCUT2D eigenvalue weighted by Gasteiger charge is -2.30. The fourth-order valence-electron chi connectivity index (χ4n) is 2.00. The molecule has 108 valence electrons. The Labute approximate surface area is 113 Å². The van der Waals surface area contributed by atoms with Gasteiger partial charge in [0.15, 0.2) is 0 Å². The van der Waals surface area contributed by atoms with Crippen LogP contribution in [0.15, 0.2) is 42.5 Å². The fourth-order valence-corrected chi connectivity index (χ4v) is 4.38. The zero-order chi connectivity index (χ0) is 15.2. The lowest BCUT2D eigenvalue weighted by Crippen LogP contribution is -2.26. The van der Waals surface area contributed by atoms with E-state index in [0.29, 0.717) is 5.39 Å². The summed E-state index contributed by atoms with van der Waals surface area (Å²) in [5.74, 6) is 0. The van der Waals surface area contributed by atoms with Crippen LogP contribution in [0, 0.1) is 0 Å². The molecule has 0 fully saturated rings. The number of aliphatic hydroxyl groups is 1. The van der Waals surface area contributed by atoms with E-state index in [-0.39, 0.29) is 5.39 Å². The van der Waals surface area contributed by atoms with Crippen molar-refractivity contribution in [2.75, 3.05) is 0 Å². The topological polar surface area (TPSA) is 135 Å². The molecule has 7 nitrogen and oxygen atoms in total. The highest BCUT2D eigenvalue weighted by atomic mass is 31.2. The monoisotopic (exact) mass is 318 g/mol. The molecule has 20 heavy (non-hydrogen) atoms. The molecule has 0 amide bonds. The van der Waals surface area contributed by atoms with E-state index in [1.54, 1.807) is 18.2 Å². The number of benzene rings is 2. The maximum atomic E-state index is 11.5. The van der Waals surface area contributed by atoms with Gasteiger partial charge in [-0.1, -0.05) is 42.5 Å². The third-order valence-electron chi connectivity index (χ3n) is 2.96. The van der Waals surface area contributed by atoms with Crippen molar-refractivity contribution in [1.29, 1.82) is 0 Å². The van der Waals surface area contributed by atoms with Gasteiger partial charge in [-0.25, -0.2) is 0 Å². The Hall–Kier alpha value is -1.04. The van der Waals surface area contributed by atoms with Gasteiger partial charge in [0.05, 0.1) is 0 Å². The predicted molar refractivity (Wildman–Crippen MR) is 71.9 cm³/mol. The smallest absolute Gasteiger partial charge is 0.364 e. The van der Waals surface area contributed by atoms with E-state index in [1.165, 1.54) is 18.2 Å². The summed E-state index contributed by atoms with van der Waals surface area (Å²) in [6.07, 6.45) is 0. The van der Waals surface area contributed by atoms with Gasteiger partial charge in [-0.05, 0) is 10.8 Å². The van der Waals surface area contributed by atoms with Crippen molar-refractivity contribution in [3.63, 3.8) is 0 Å². The van der Waals surface area contributed by atoms with Crippen molar-refractivity contribution >= 4 is 26.0 Å². The second kappa shape index (κ2) is 4.76. The second-order valence-electron chi connectivity index (χ2n) is 4.25. The molecular formula is C11H12O7P2. The van der Waals surface area contributed by atoms with Crippen molar-refractivity contribution in [1.82, 2.24) is 0 Å². The predicted octanol–water partition coefficient (Wildman–Crippen LogP) is 1.30. The standard InChI is InChI=1S/C11H12O7P2/c12-11(19(13,14)15,20(16,17)18)10-7-3-5-8-4-1-2-6-9(8)10/h1-7,12H,(H2,13,14,15)(H2,16,17,18). The molecule has 2 rings (SSSR count). The highest BCUT2D eigenvalue weighted by Gasteiger charge is 2.61. The number of rotatable bonds is 3.